The van der Waals surface area contributed by atoms with E-state index in [0.29, 0.717) is 19.1 Å². The summed E-state index contributed by atoms with van der Waals surface area (Å²) in [4.78, 5) is 13.5. The van der Waals surface area contributed by atoms with Crippen molar-refractivity contribution in [3.8, 4) is 5.75 Å². The first kappa shape index (κ1) is 13.7. The number of nitrogens with zero attached hydrogens (tertiary/aromatic N) is 1. The Morgan fingerprint density at radius 3 is 3.11 bits per heavy atom. The summed E-state index contributed by atoms with van der Waals surface area (Å²) < 4.78 is 10.4. The van der Waals surface area contributed by atoms with Gasteiger partial charge in [-0.05, 0) is 32.1 Å². The van der Waals surface area contributed by atoms with Gasteiger partial charge in [-0.25, -0.2) is 4.79 Å². The van der Waals surface area contributed by atoms with Crippen LogP contribution in [0.4, 0.5) is 10.5 Å². The maximum absolute atomic E-state index is 11.9. The van der Waals surface area contributed by atoms with Crippen LogP contribution < -0.4 is 15.0 Å². The molecule has 1 fully saturated rings. The second-order valence-electron chi connectivity index (χ2n) is 4.65. The van der Waals surface area contributed by atoms with Crippen LogP contribution in [0.1, 0.15) is 6.42 Å². The minimum Gasteiger partial charge on any atom is -0.497 e. The van der Waals surface area contributed by atoms with Gasteiger partial charge in [-0.2, -0.15) is 0 Å². The van der Waals surface area contributed by atoms with Crippen molar-refractivity contribution in [3.05, 3.63) is 24.3 Å². The van der Waals surface area contributed by atoms with E-state index in [2.05, 4.69) is 5.32 Å². The number of methoxy groups -OCH3 is 1. The van der Waals surface area contributed by atoms with Crippen LogP contribution in [0.3, 0.4) is 0 Å². The summed E-state index contributed by atoms with van der Waals surface area (Å²) >= 11 is 0. The molecule has 1 N–H and O–H groups in total. The highest BCUT2D eigenvalue weighted by Gasteiger charge is 2.28. The van der Waals surface area contributed by atoms with Crippen molar-refractivity contribution in [2.24, 2.45) is 5.92 Å². The van der Waals surface area contributed by atoms with Gasteiger partial charge in [-0.1, -0.05) is 6.07 Å². The van der Waals surface area contributed by atoms with Crippen molar-refractivity contribution in [2.75, 3.05) is 38.8 Å². The van der Waals surface area contributed by atoms with E-state index in [9.17, 15) is 4.79 Å². The van der Waals surface area contributed by atoms with Gasteiger partial charge in [0, 0.05) is 18.5 Å². The fourth-order valence-electron chi connectivity index (χ4n) is 2.16. The van der Waals surface area contributed by atoms with Gasteiger partial charge in [0.25, 0.3) is 0 Å². The molecule has 0 bridgehead atoms. The van der Waals surface area contributed by atoms with Crippen LogP contribution >= 0.6 is 0 Å². The van der Waals surface area contributed by atoms with Crippen LogP contribution in [0.2, 0.25) is 0 Å². The highest BCUT2D eigenvalue weighted by atomic mass is 16.6. The Kier molecular flexibility index (Phi) is 4.63. The van der Waals surface area contributed by atoms with Gasteiger partial charge in [0.1, 0.15) is 5.75 Å². The molecule has 0 radical (unpaired) electrons. The highest BCUT2D eigenvalue weighted by Crippen LogP contribution is 2.25. The quantitative estimate of drug-likeness (QED) is 0.882. The zero-order valence-corrected chi connectivity index (χ0v) is 11.4. The van der Waals surface area contributed by atoms with Gasteiger partial charge < -0.3 is 14.8 Å². The molecule has 104 valence electrons. The first-order chi connectivity index (χ1) is 9.24. The summed E-state index contributed by atoms with van der Waals surface area (Å²) in [6.07, 6.45) is 0.707. The van der Waals surface area contributed by atoms with E-state index in [1.165, 1.54) is 0 Å². The standard InChI is InChI=1S/C14H20N2O3/c1-15-7-6-11-9-16(14(17)19-10-11)12-4-3-5-13(8-12)18-2/h3-5,8,11,15H,6-7,9-10H2,1-2H3. The molecule has 5 nitrogen and oxygen atoms in total. The molecule has 0 saturated carbocycles. The van der Waals surface area contributed by atoms with Gasteiger partial charge in [0.2, 0.25) is 0 Å². The number of amides is 1. The molecular weight excluding hydrogens is 244 g/mol. The van der Waals surface area contributed by atoms with Crippen molar-refractivity contribution < 1.29 is 14.3 Å². The number of anilines is 1. The number of benzene rings is 1. The van der Waals surface area contributed by atoms with Crippen molar-refractivity contribution >= 4 is 11.8 Å². The summed E-state index contributed by atoms with van der Waals surface area (Å²) in [5.74, 6) is 1.10. The van der Waals surface area contributed by atoms with Crippen LogP contribution in [0, 0.1) is 5.92 Å². The molecule has 5 heteroatoms. The number of hydrogen-bond donors (Lipinski definition) is 1. The second kappa shape index (κ2) is 6.43. The van der Waals surface area contributed by atoms with Crippen molar-refractivity contribution in [3.63, 3.8) is 0 Å². The number of cyclic esters (lactones) is 1. The minimum atomic E-state index is -0.283. The van der Waals surface area contributed by atoms with Crippen LogP contribution in [0.25, 0.3) is 0 Å². The lowest BCUT2D eigenvalue weighted by atomic mass is 10.0. The minimum absolute atomic E-state index is 0.283. The third-order valence-corrected chi connectivity index (χ3v) is 3.27. The van der Waals surface area contributed by atoms with E-state index in [0.717, 1.165) is 24.4 Å². The first-order valence-electron chi connectivity index (χ1n) is 6.47. The van der Waals surface area contributed by atoms with E-state index in [4.69, 9.17) is 9.47 Å². The predicted molar refractivity (Wildman–Crippen MR) is 73.7 cm³/mol. The Morgan fingerprint density at radius 2 is 2.37 bits per heavy atom. The number of carbonyl (C=O) groups excluding carboxylic acids is 1. The highest BCUT2D eigenvalue weighted by molar-refractivity contribution is 5.88. The van der Waals surface area contributed by atoms with Crippen LogP contribution in [0.15, 0.2) is 24.3 Å². The van der Waals surface area contributed by atoms with E-state index in [1.54, 1.807) is 12.0 Å². The Bertz CT molecular complexity index is 436. The molecule has 0 aromatic heterocycles. The lowest BCUT2D eigenvalue weighted by Gasteiger charge is -2.32. The monoisotopic (exact) mass is 264 g/mol. The number of nitrogens with one attached hydrogen (secondary N) is 1. The van der Waals surface area contributed by atoms with Crippen LogP contribution in [-0.4, -0.2) is 39.9 Å². The average molecular weight is 264 g/mol. The molecular formula is C14H20N2O3. The van der Waals surface area contributed by atoms with Crippen molar-refractivity contribution in [1.29, 1.82) is 0 Å². The topological polar surface area (TPSA) is 50.8 Å². The van der Waals surface area contributed by atoms with Gasteiger partial charge in [-0.3, -0.25) is 4.90 Å². The van der Waals surface area contributed by atoms with Gasteiger partial charge in [0.05, 0.1) is 19.4 Å². The van der Waals surface area contributed by atoms with Gasteiger partial charge >= 0.3 is 6.09 Å². The fourth-order valence-corrected chi connectivity index (χ4v) is 2.16. The molecule has 0 spiro atoms. The Morgan fingerprint density at radius 1 is 1.53 bits per heavy atom. The largest absolute Gasteiger partial charge is 0.497 e. The normalized spacial score (nSPS) is 19.2. The Balaban J connectivity index is 2.09. The van der Waals surface area contributed by atoms with E-state index < -0.39 is 0 Å². The zero-order valence-electron chi connectivity index (χ0n) is 11.4. The van der Waals surface area contributed by atoms with Crippen molar-refractivity contribution in [2.45, 2.75) is 6.42 Å². The molecule has 1 amide bonds. The third-order valence-electron chi connectivity index (χ3n) is 3.27. The molecule has 0 aliphatic carbocycles. The molecule has 1 saturated heterocycles. The smallest absolute Gasteiger partial charge is 0.414 e. The summed E-state index contributed by atoms with van der Waals surface area (Å²) in [5, 5.41) is 3.12. The van der Waals surface area contributed by atoms with E-state index in [-0.39, 0.29) is 6.09 Å². The maximum atomic E-state index is 11.9. The molecule has 19 heavy (non-hydrogen) atoms. The van der Waals surface area contributed by atoms with Gasteiger partial charge in [-0.15, -0.1) is 0 Å². The molecule has 2 rings (SSSR count). The molecule has 1 aliphatic rings. The van der Waals surface area contributed by atoms with Gasteiger partial charge in [0.15, 0.2) is 0 Å². The predicted octanol–water partition coefficient (Wildman–Crippen LogP) is 1.88. The van der Waals surface area contributed by atoms with Crippen LogP contribution in [0.5, 0.6) is 5.75 Å². The molecule has 1 aromatic rings. The number of carbonyl (C=O) groups is 1. The lowest BCUT2D eigenvalue weighted by molar-refractivity contribution is 0.112. The first-order valence-corrected chi connectivity index (χ1v) is 6.47. The summed E-state index contributed by atoms with van der Waals surface area (Å²) in [6.45, 7) is 2.11. The molecule has 1 aromatic carbocycles. The maximum Gasteiger partial charge on any atom is 0.414 e. The third kappa shape index (κ3) is 3.38. The molecule has 1 aliphatic heterocycles. The molecule has 1 heterocycles. The number of rotatable bonds is 5. The number of hydrogen-bond acceptors (Lipinski definition) is 4. The van der Waals surface area contributed by atoms with Crippen LogP contribution in [-0.2, 0) is 4.74 Å². The molecule has 1 atom stereocenters. The summed E-state index contributed by atoms with van der Waals surface area (Å²) in [5.41, 5.74) is 0.818. The second-order valence-corrected chi connectivity index (χ2v) is 4.65. The Hall–Kier alpha value is -1.75. The summed E-state index contributed by atoms with van der Waals surface area (Å²) in [7, 11) is 3.54. The van der Waals surface area contributed by atoms with E-state index >= 15 is 0 Å². The van der Waals surface area contributed by atoms with Crippen molar-refractivity contribution in [1.82, 2.24) is 5.32 Å². The zero-order chi connectivity index (χ0) is 13.7. The van der Waals surface area contributed by atoms with E-state index in [1.807, 2.05) is 31.3 Å². The summed E-state index contributed by atoms with van der Waals surface area (Å²) in [6, 6.07) is 7.47. The number of ether oxygens (including phenoxy) is 2. The lowest BCUT2D eigenvalue weighted by Crippen LogP contribution is -2.43. The average Bonchev–Trinajstić information content (AvgIpc) is 2.46. The fraction of sp³-hybridized carbons (Fsp3) is 0.500. The SMILES string of the molecule is CNCCC1COC(=O)N(c2cccc(OC)c2)C1. The molecule has 1 unspecified atom stereocenters. The Labute approximate surface area is 113 Å².